The van der Waals surface area contributed by atoms with Crippen LogP contribution < -0.4 is 5.73 Å². The van der Waals surface area contributed by atoms with Crippen molar-refractivity contribution in [3.05, 3.63) is 34.3 Å². The van der Waals surface area contributed by atoms with Crippen LogP contribution in [0.4, 0.5) is 0 Å². The van der Waals surface area contributed by atoms with Crippen molar-refractivity contribution in [2.75, 3.05) is 0 Å². The van der Waals surface area contributed by atoms with E-state index in [0.29, 0.717) is 6.42 Å². The lowest BCUT2D eigenvalue weighted by Crippen LogP contribution is -2.28. The highest BCUT2D eigenvalue weighted by atomic mass is 35.5. The van der Waals surface area contributed by atoms with Crippen LogP contribution in [0.5, 0.6) is 0 Å². The molecular formula is C11H14ClNO. The third-order valence-electron chi connectivity index (χ3n) is 2.11. The fraction of sp³-hybridized carbons (Fsp3) is 0.364. The molecule has 2 nitrogen and oxygen atoms in total. The number of rotatable bonds is 3. The SMILES string of the molecule is Cc1cc(CC(=O)[C@H](C)N)ccc1Cl. The van der Waals surface area contributed by atoms with Crippen molar-refractivity contribution in [1.82, 2.24) is 0 Å². The van der Waals surface area contributed by atoms with E-state index in [4.69, 9.17) is 17.3 Å². The maximum atomic E-state index is 11.4. The molecule has 76 valence electrons. The molecule has 2 N–H and O–H groups in total. The number of halogens is 1. The minimum absolute atomic E-state index is 0.0479. The first-order valence-electron chi connectivity index (χ1n) is 4.54. The summed E-state index contributed by atoms with van der Waals surface area (Å²) in [5.74, 6) is 0.0479. The lowest BCUT2D eigenvalue weighted by molar-refractivity contribution is -0.119. The second-order valence-corrected chi connectivity index (χ2v) is 3.92. The monoisotopic (exact) mass is 211 g/mol. The van der Waals surface area contributed by atoms with Crippen LogP contribution in [0.2, 0.25) is 5.02 Å². The molecular weight excluding hydrogens is 198 g/mol. The first kappa shape index (κ1) is 11.2. The highest BCUT2D eigenvalue weighted by molar-refractivity contribution is 6.31. The third-order valence-corrected chi connectivity index (χ3v) is 2.53. The van der Waals surface area contributed by atoms with Gasteiger partial charge in [-0.15, -0.1) is 0 Å². The molecule has 0 aliphatic carbocycles. The van der Waals surface area contributed by atoms with Crippen molar-refractivity contribution in [2.24, 2.45) is 5.73 Å². The molecule has 3 heteroatoms. The van der Waals surface area contributed by atoms with E-state index in [1.165, 1.54) is 0 Å². The number of carbonyl (C=O) groups excluding carboxylic acids is 1. The van der Waals surface area contributed by atoms with E-state index in [1.54, 1.807) is 13.0 Å². The average molecular weight is 212 g/mol. The molecule has 0 heterocycles. The Morgan fingerprint density at radius 3 is 2.71 bits per heavy atom. The van der Waals surface area contributed by atoms with E-state index < -0.39 is 6.04 Å². The molecule has 0 aromatic heterocycles. The number of aryl methyl sites for hydroxylation is 1. The van der Waals surface area contributed by atoms with Crippen molar-refractivity contribution in [3.8, 4) is 0 Å². The Morgan fingerprint density at radius 1 is 1.57 bits per heavy atom. The number of carbonyl (C=O) groups is 1. The molecule has 0 amide bonds. The van der Waals surface area contributed by atoms with E-state index in [9.17, 15) is 4.79 Å². The van der Waals surface area contributed by atoms with Crippen molar-refractivity contribution < 1.29 is 4.79 Å². The number of Topliss-reactive ketones (excluding diaryl/α,β-unsaturated/α-hetero) is 1. The van der Waals surface area contributed by atoms with Gasteiger partial charge in [-0.25, -0.2) is 0 Å². The molecule has 0 saturated heterocycles. The van der Waals surface area contributed by atoms with Crippen LogP contribution in [0, 0.1) is 6.92 Å². The highest BCUT2D eigenvalue weighted by Crippen LogP contribution is 2.16. The molecule has 1 aromatic carbocycles. The summed E-state index contributed by atoms with van der Waals surface area (Å²) in [6, 6.07) is 5.19. The van der Waals surface area contributed by atoms with E-state index in [1.807, 2.05) is 19.1 Å². The molecule has 1 aromatic rings. The van der Waals surface area contributed by atoms with Crippen LogP contribution in [0.25, 0.3) is 0 Å². The second kappa shape index (κ2) is 4.58. The summed E-state index contributed by atoms with van der Waals surface area (Å²) in [4.78, 5) is 11.4. The summed E-state index contributed by atoms with van der Waals surface area (Å²) < 4.78 is 0. The predicted molar refractivity (Wildman–Crippen MR) is 58.5 cm³/mol. The van der Waals surface area contributed by atoms with Crippen molar-refractivity contribution in [3.63, 3.8) is 0 Å². The van der Waals surface area contributed by atoms with Crippen LogP contribution in [0.3, 0.4) is 0 Å². The standard InChI is InChI=1S/C11H14ClNO/c1-7-5-9(3-4-10(7)12)6-11(14)8(2)13/h3-5,8H,6,13H2,1-2H3/t8-/m0/s1. The van der Waals surface area contributed by atoms with Crippen LogP contribution >= 0.6 is 11.6 Å². The third kappa shape index (κ3) is 2.82. The van der Waals surface area contributed by atoms with Gasteiger partial charge in [0.2, 0.25) is 0 Å². The smallest absolute Gasteiger partial charge is 0.153 e. The molecule has 1 atom stereocenters. The number of benzene rings is 1. The van der Waals surface area contributed by atoms with Crippen molar-refractivity contribution in [1.29, 1.82) is 0 Å². The highest BCUT2D eigenvalue weighted by Gasteiger charge is 2.08. The number of hydrogen-bond donors (Lipinski definition) is 1. The topological polar surface area (TPSA) is 43.1 Å². The first-order valence-corrected chi connectivity index (χ1v) is 4.92. The summed E-state index contributed by atoms with van der Waals surface area (Å²) in [7, 11) is 0. The Kier molecular flexibility index (Phi) is 3.67. The quantitative estimate of drug-likeness (QED) is 0.832. The lowest BCUT2D eigenvalue weighted by Gasteiger charge is -2.05. The van der Waals surface area contributed by atoms with E-state index >= 15 is 0 Å². The summed E-state index contributed by atoms with van der Waals surface area (Å²) in [6.07, 6.45) is 0.385. The van der Waals surface area contributed by atoms with Gasteiger partial charge in [-0.1, -0.05) is 23.7 Å². The normalized spacial score (nSPS) is 12.6. The molecule has 0 aliphatic rings. The zero-order valence-electron chi connectivity index (χ0n) is 8.38. The van der Waals surface area contributed by atoms with Crippen LogP contribution in [0.15, 0.2) is 18.2 Å². The Labute approximate surface area is 89.1 Å². The molecule has 0 aliphatic heterocycles. The van der Waals surface area contributed by atoms with E-state index in [-0.39, 0.29) is 5.78 Å². The Balaban J connectivity index is 2.78. The van der Waals surface area contributed by atoms with Gasteiger partial charge in [-0.05, 0) is 31.0 Å². The van der Waals surface area contributed by atoms with Crippen LogP contribution in [-0.4, -0.2) is 11.8 Å². The fourth-order valence-electron chi connectivity index (χ4n) is 1.18. The largest absolute Gasteiger partial charge is 0.322 e. The van der Waals surface area contributed by atoms with Gasteiger partial charge in [0.15, 0.2) is 5.78 Å². The molecule has 14 heavy (non-hydrogen) atoms. The molecule has 0 unspecified atom stereocenters. The first-order chi connectivity index (χ1) is 6.50. The van der Waals surface area contributed by atoms with Gasteiger partial charge in [0.05, 0.1) is 6.04 Å². The summed E-state index contributed by atoms with van der Waals surface area (Å²) in [6.45, 7) is 3.62. The minimum Gasteiger partial charge on any atom is -0.322 e. The summed E-state index contributed by atoms with van der Waals surface area (Å²) in [5, 5.41) is 0.724. The van der Waals surface area contributed by atoms with Gasteiger partial charge >= 0.3 is 0 Å². The lowest BCUT2D eigenvalue weighted by atomic mass is 10.0. The minimum atomic E-state index is -0.397. The maximum Gasteiger partial charge on any atom is 0.153 e. The van der Waals surface area contributed by atoms with Gasteiger partial charge in [-0.2, -0.15) is 0 Å². The Hall–Kier alpha value is -0.860. The van der Waals surface area contributed by atoms with E-state index in [0.717, 1.165) is 16.1 Å². The molecule has 0 fully saturated rings. The second-order valence-electron chi connectivity index (χ2n) is 3.52. The number of hydrogen-bond acceptors (Lipinski definition) is 2. The molecule has 0 bridgehead atoms. The number of ketones is 1. The molecule has 0 radical (unpaired) electrons. The van der Waals surface area contributed by atoms with Gasteiger partial charge < -0.3 is 5.73 Å². The van der Waals surface area contributed by atoms with Gasteiger partial charge in [-0.3, -0.25) is 4.79 Å². The zero-order valence-corrected chi connectivity index (χ0v) is 9.14. The molecule has 0 saturated carbocycles. The predicted octanol–water partition coefficient (Wildman–Crippen LogP) is 2.11. The van der Waals surface area contributed by atoms with Crippen molar-refractivity contribution >= 4 is 17.4 Å². The van der Waals surface area contributed by atoms with Gasteiger partial charge in [0.1, 0.15) is 0 Å². The summed E-state index contributed by atoms with van der Waals surface area (Å²) in [5.41, 5.74) is 7.43. The van der Waals surface area contributed by atoms with Gasteiger partial charge in [0.25, 0.3) is 0 Å². The van der Waals surface area contributed by atoms with Crippen LogP contribution in [0.1, 0.15) is 18.1 Å². The van der Waals surface area contributed by atoms with Crippen molar-refractivity contribution in [2.45, 2.75) is 26.3 Å². The molecule has 0 spiro atoms. The van der Waals surface area contributed by atoms with Crippen LogP contribution in [-0.2, 0) is 11.2 Å². The maximum absolute atomic E-state index is 11.4. The zero-order chi connectivity index (χ0) is 10.7. The summed E-state index contributed by atoms with van der Waals surface area (Å²) >= 11 is 5.87. The Morgan fingerprint density at radius 2 is 2.21 bits per heavy atom. The number of nitrogens with two attached hydrogens (primary N) is 1. The Bertz CT molecular complexity index is 347. The van der Waals surface area contributed by atoms with E-state index in [2.05, 4.69) is 0 Å². The molecule has 1 rings (SSSR count). The fourth-order valence-corrected chi connectivity index (χ4v) is 1.30. The average Bonchev–Trinajstić information content (AvgIpc) is 2.11. The van der Waals surface area contributed by atoms with Gasteiger partial charge in [0, 0.05) is 11.4 Å².